The topological polar surface area (TPSA) is 69.7 Å². The minimum absolute atomic E-state index is 0.448. The molecule has 1 saturated heterocycles. The zero-order valence-electron chi connectivity index (χ0n) is 6.62. The lowest BCUT2D eigenvalue weighted by molar-refractivity contribution is 0.143. The second kappa shape index (κ2) is 3.00. The second-order valence-corrected chi connectivity index (χ2v) is 3.06. The van der Waals surface area contributed by atoms with Gasteiger partial charge in [0.1, 0.15) is 5.70 Å². The van der Waals surface area contributed by atoms with Crippen molar-refractivity contribution in [2.45, 2.75) is 19.8 Å². The second-order valence-electron chi connectivity index (χ2n) is 3.06. The highest BCUT2D eigenvalue weighted by Gasteiger charge is 2.20. The predicted octanol–water partition coefficient (Wildman–Crippen LogP) is 0.877. The van der Waals surface area contributed by atoms with E-state index in [4.69, 9.17) is 16.1 Å². The van der Waals surface area contributed by atoms with Gasteiger partial charge in [-0.3, -0.25) is 0 Å². The van der Waals surface area contributed by atoms with Gasteiger partial charge in [0, 0.05) is 6.54 Å². The van der Waals surface area contributed by atoms with Gasteiger partial charge in [-0.15, -0.1) is 0 Å². The Balaban J connectivity index is 2.70. The van der Waals surface area contributed by atoms with Gasteiger partial charge in [-0.1, -0.05) is 6.92 Å². The van der Waals surface area contributed by atoms with E-state index >= 15 is 0 Å². The van der Waals surface area contributed by atoms with Crippen LogP contribution in [0.4, 0.5) is 0 Å². The van der Waals surface area contributed by atoms with E-state index in [0.717, 1.165) is 6.42 Å². The summed E-state index contributed by atoms with van der Waals surface area (Å²) in [5.74, 6) is 5.34. The quantitative estimate of drug-likeness (QED) is 0.361. The van der Waals surface area contributed by atoms with Crippen LogP contribution in [0.25, 0.3) is 0 Å². The Morgan fingerprint density at radius 3 is 2.73 bits per heavy atom. The highest BCUT2D eigenvalue weighted by Crippen LogP contribution is 2.23. The largest absolute Gasteiger partial charge is 0.480 e. The van der Waals surface area contributed by atoms with Crippen LogP contribution in [0.1, 0.15) is 19.8 Å². The van der Waals surface area contributed by atoms with Crippen LogP contribution in [0.3, 0.4) is 0 Å². The van der Waals surface area contributed by atoms with E-state index < -0.39 is 5.95 Å². The van der Waals surface area contributed by atoms with Crippen LogP contribution in [0.2, 0.25) is 0 Å². The van der Waals surface area contributed by atoms with Gasteiger partial charge in [0.2, 0.25) is 0 Å². The number of hydrogen-bond donors (Lipinski definition) is 3. The molecule has 0 aromatic carbocycles. The van der Waals surface area contributed by atoms with Crippen molar-refractivity contribution in [3.63, 3.8) is 0 Å². The fraction of sp³-hybridized carbons (Fsp3) is 0.714. The molecule has 1 aliphatic heterocycles. The van der Waals surface area contributed by atoms with Crippen LogP contribution < -0.4 is 5.84 Å². The molecule has 0 amide bonds. The van der Waals surface area contributed by atoms with Crippen LogP contribution in [-0.2, 0) is 0 Å². The first-order valence-electron chi connectivity index (χ1n) is 3.74. The third-order valence-electron chi connectivity index (χ3n) is 2.01. The summed E-state index contributed by atoms with van der Waals surface area (Å²) < 4.78 is 0. The fourth-order valence-electron chi connectivity index (χ4n) is 1.26. The van der Waals surface area contributed by atoms with E-state index in [1.165, 1.54) is 5.01 Å². The molecule has 1 atom stereocenters. The minimum Gasteiger partial charge on any atom is -0.480 e. The van der Waals surface area contributed by atoms with Crippen LogP contribution in [-0.4, -0.2) is 21.8 Å². The van der Waals surface area contributed by atoms with Crippen molar-refractivity contribution in [2.75, 3.05) is 6.54 Å². The Bertz CT molecular complexity index is 175. The molecule has 11 heavy (non-hydrogen) atoms. The number of aliphatic hydroxyl groups excluding tert-OH is 1. The van der Waals surface area contributed by atoms with E-state index in [1.54, 1.807) is 0 Å². The molecule has 1 rings (SSSR count). The maximum absolute atomic E-state index is 8.78. The molecule has 0 aromatic rings. The normalized spacial score (nSPS) is 25.5. The predicted molar refractivity (Wildman–Crippen MR) is 41.6 cm³/mol. The smallest absolute Gasteiger partial charge is 0.295 e. The molecule has 0 aromatic heterocycles. The van der Waals surface area contributed by atoms with Gasteiger partial charge in [-0.05, 0) is 18.8 Å². The number of hydrazine groups is 1. The average Bonchev–Trinajstić information content (AvgIpc) is 1.94. The number of piperidine rings is 1. The number of rotatable bonds is 0. The van der Waals surface area contributed by atoms with Crippen LogP contribution in [0, 0.1) is 5.92 Å². The van der Waals surface area contributed by atoms with E-state index in [1.807, 2.05) is 0 Å². The number of nitrogens with zero attached hydrogens (tertiary/aromatic N) is 1. The molecule has 0 bridgehead atoms. The standard InChI is InChI=1S/C7H14N2O2/c1-5-2-3-9(8)6(4-5)7(10)11/h5,10-11H,2-4,8H2,1H3. The Hall–Kier alpha value is -0.900. The lowest BCUT2D eigenvalue weighted by Gasteiger charge is -2.29. The van der Waals surface area contributed by atoms with Gasteiger partial charge >= 0.3 is 0 Å². The van der Waals surface area contributed by atoms with E-state index in [0.29, 0.717) is 24.6 Å². The van der Waals surface area contributed by atoms with Crippen LogP contribution in [0.15, 0.2) is 11.6 Å². The van der Waals surface area contributed by atoms with Gasteiger partial charge in [0.15, 0.2) is 0 Å². The maximum atomic E-state index is 8.78. The molecule has 0 saturated carbocycles. The number of aliphatic hydroxyl groups is 2. The lowest BCUT2D eigenvalue weighted by atomic mass is 9.98. The molecule has 64 valence electrons. The number of allylic oxidation sites excluding steroid dienone is 1. The molecule has 0 spiro atoms. The summed E-state index contributed by atoms with van der Waals surface area (Å²) in [6.45, 7) is 2.76. The fourth-order valence-corrected chi connectivity index (χ4v) is 1.26. The zero-order valence-corrected chi connectivity index (χ0v) is 6.62. The SMILES string of the molecule is CC1CCN(N)C(=C(O)O)C1. The van der Waals surface area contributed by atoms with Crippen LogP contribution in [0.5, 0.6) is 0 Å². The maximum Gasteiger partial charge on any atom is 0.295 e. The molecule has 1 heterocycles. The molecule has 4 heteroatoms. The van der Waals surface area contributed by atoms with E-state index in [-0.39, 0.29) is 0 Å². The lowest BCUT2D eigenvalue weighted by Crippen LogP contribution is -2.37. The molecular weight excluding hydrogens is 144 g/mol. The molecule has 0 aliphatic carbocycles. The zero-order chi connectivity index (χ0) is 8.43. The van der Waals surface area contributed by atoms with Crippen molar-refractivity contribution in [3.05, 3.63) is 11.6 Å². The monoisotopic (exact) mass is 158 g/mol. The Labute approximate surface area is 65.9 Å². The van der Waals surface area contributed by atoms with Crippen molar-refractivity contribution in [1.29, 1.82) is 0 Å². The highest BCUT2D eigenvalue weighted by molar-refractivity contribution is 5.02. The summed E-state index contributed by atoms with van der Waals surface area (Å²) in [6.07, 6.45) is 1.66. The minimum atomic E-state index is -0.640. The first-order chi connectivity index (χ1) is 5.11. The van der Waals surface area contributed by atoms with Crippen molar-refractivity contribution >= 4 is 0 Å². The van der Waals surface area contributed by atoms with E-state index in [9.17, 15) is 0 Å². The third kappa shape index (κ3) is 1.77. The molecule has 0 radical (unpaired) electrons. The Morgan fingerprint density at radius 1 is 1.64 bits per heavy atom. The molecule has 1 aliphatic rings. The Kier molecular flexibility index (Phi) is 2.24. The first kappa shape index (κ1) is 8.20. The molecule has 1 unspecified atom stereocenters. The third-order valence-corrected chi connectivity index (χ3v) is 2.01. The van der Waals surface area contributed by atoms with Crippen molar-refractivity contribution in [1.82, 2.24) is 5.01 Å². The molecule has 4 nitrogen and oxygen atoms in total. The molecular formula is C7H14N2O2. The molecule has 1 fully saturated rings. The summed E-state index contributed by atoms with van der Waals surface area (Å²) >= 11 is 0. The van der Waals surface area contributed by atoms with E-state index in [2.05, 4.69) is 6.92 Å². The van der Waals surface area contributed by atoms with Crippen LogP contribution >= 0.6 is 0 Å². The number of hydrogen-bond acceptors (Lipinski definition) is 4. The first-order valence-corrected chi connectivity index (χ1v) is 3.74. The van der Waals surface area contributed by atoms with Crippen molar-refractivity contribution in [2.24, 2.45) is 11.8 Å². The summed E-state index contributed by atoms with van der Waals surface area (Å²) in [4.78, 5) is 0. The van der Waals surface area contributed by atoms with Gasteiger partial charge in [-0.25, -0.2) is 5.84 Å². The van der Waals surface area contributed by atoms with Gasteiger partial charge < -0.3 is 15.2 Å². The number of nitrogens with two attached hydrogens (primary N) is 1. The van der Waals surface area contributed by atoms with Gasteiger partial charge in [-0.2, -0.15) is 0 Å². The summed E-state index contributed by atoms with van der Waals surface area (Å²) in [7, 11) is 0. The average molecular weight is 158 g/mol. The summed E-state index contributed by atoms with van der Waals surface area (Å²) in [6, 6.07) is 0. The highest BCUT2D eigenvalue weighted by atomic mass is 16.5. The van der Waals surface area contributed by atoms with Crippen molar-refractivity contribution < 1.29 is 10.2 Å². The summed E-state index contributed by atoms with van der Waals surface area (Å²) in [5, 5.41) is 19.0. The molecule has 4 N–H and O–H groups in total. The van der Waals surface area contributed by atoms with Gasteiger partial charge in [0.05, 0.1) is 0 Å². The van der Waals surface area contributed by atoms with Crippen molar-refractivity contribution in [3.8, 4) is 0 Å². The van der Waals surface area contributed by atoms with Gasteiger partial charge in [0.25, 0.3) is 5.95 Å². The summed E-state index contributed by atoms with van der Waals surface area (Å²) in [5.41, 5.74) is 0.448. The Morgan fingerprint density at radius 2 is 2.27 bits per heavy atom.